The van der Waals surface area contributed by atoms with Crippen molar-refractivity contribution in [3.8, 4) is 0 Å². The van der Waals surface area contributed by atoms with Gasteiger partial charge < -0.3 is 9.47 Å². The van der Waals surface area contributed by atoms with Gasteiger partial charge in [-0.25, -0.2) is 40.7 Å². The Hall–Kier alpha value is -1.39. The highest BCUT2D eigenvalue weighted by Crippen LogP contribution is 2.17. The average molecular weight is 618 g/mol. The van der Waals surface area contributed by atoms with Gasteiger partial charge in [-0.05, 0) is 50.9 Å². The summed E-state index contributed by atoms with van der Waals surface area (Å²) >= 11 is 0. The first-order chi connectivity index (χ1) is 17.8. The molecule has 0 fully saturated rings. The molecule has 0 heterocycles. The van der Waals surface area contributed by atoms with Crippen molar-refractivity contribution in [2.75, 3.05) is 26.4 Å². The largest absolute Gasteiger partial charge is 0.380 e. The summed E-state index contributed by atoms with van der Waals surface area (Å²) in [4.78, 5) is 0.0670. The zero-order chi connectivity index (χ0) is 31.4. The molecule has 0 saturated heterocycles. The van der Waals surface area contributed by atoms with Crippen LogP contribution in [-0.2, 0) is 39.5 Å². The number of hydrogen-bond donors (Lipinski definition) is 3. The van der Waals surface area contributed by atoms with E-state index in [4.69, 9.17) is 24.9 Å². The molecule has 0 spiro atoms. The highest BCUT2D eigenvalue weighted by atomic mass is 32.2. The Labute approximate surface area is 237 Å². The van der Waals surface area contributed by atoms with Gasteiger partial charge in [0.25, 0.3) is 0 Å². The van der Waals surface area contributed by atoms with E-state index in [-0.39, 0.29) is 35.9 Å². The lowest BCUT2D eigenvalue weighted by Gasteiger charge is -2.20. The summed E-state index contributed by atoms with van der Waals surface area (Å²) in [6, 6.07) is 0. The highest BCUT2D eigenvalue weighted by Gasteiger charge is 2.28. The van der Waals surface area contributed by atoms with Crippen LogP contribution in [0, 0.1) is 17.8 Å². The number of primary sulfonamides is 3. The molecule has 0 bridgehead atoms. The number of rotatable bonds is 18. The third kappa shape index (κ3) is 21.1. The molecule has 0 aliphatic heterocycles. The van der Waals surface area contributed by atoms with Crippen LogP contribution in [0.5, 0.6) is 0 Å². The summed E-state index contributed by atoms with van der Waals surface area (Å²) in [6.07, 6.45) is 6.84. The van der Waals surface area contributed by atoms with E-state index in [9.17, 15) is 25.3 Å². The lowest BCUT2D eigenvalue weighted by molar-refractivity contribution is 0.136. The maximum atomic E-state index is 11.2. The van der Waals surface area contributed by atoms with Gasteiger partial charge in [0.1, 0.15) is 10.5 Å². The summed E-state index contributed by atoms with van der Waals surface area (Å²) in [7, 11) is -10.6. The molecule has 5 atom stereocenters. The summed E-state index contributed by atoms with van der Waals surface area (Å²) in [5.41, 5.74) is 0. The zero-order valence-electron chi connectivity index (χ0n) is 24.1. The number of sulfonamides is 3. The molecule has 232 valence electrons. The topological polar surface area (TPSA) is 199 Å². The van der Waals surface area contributed by atoms with Gasteiger partial charge in [-0.1, -0.05) is 45.6 Å². The molecule has 11 nitrogen and oxygen atoms in total. The fraction of sp³-hybridized carbons (Fsp3) is 0.680. The predicted molar refractivity (Wildman–Crippen MR) is 161 cm³/mol. The third-order valence-corrected chi connectivity index (χ3v) is 9.62. The number of ether oxygens (including phenoxy) is 2. The second-order valence-electron chi connectivity index (χ2n) is 9.01. The van der Waals surface area contributed by atoms with Crippen molar-refractivity contribution in [2.24, 2.45) is 33.2 Å². The zero-order valence-corrected chi connectivity index (χ0v) is 26.6. The maximum Gasteiger partial charge on any atom is 0.233 e. The van der Waals surface area contributed by atoms with Gasteiger partial charge in [-0.2, -0.15) is 0 Å². The summed E-state index contributed by atoms with van der Waals surface area (Å²) in [6.45, 7) is 24.3. The van der Waals surface area contributed by atoms with Crippen LogP contribution in [0.4, 0.5) is 0 Å². The number of allylic oxidation sites excluding steroid dienone is 4. The molecule has 0 aromatic heterocycles. The van der Waals surface area contributed by atoms with Gasteiger partial charge in [0.05, 0.1) is 18.1 Å². The van der Waals surface area contributed by atoms with E-state index in [2.05, 4.69) is 26.3 Å². The smallest absolute Gasteiger partial charge is 0.233 e. The maximum absolute atomic E-state index is 11.2. The lowest BCUT2D eigenvalue weighted by atomic mass is 10.0. The van der Waals surface area contributed by atoms with Crippen LogP contribution in [0.2, 0.25) is 0 Å². The molecule has 14 heteroatoms. The van der Waals surface area contributed by atoms with Gasteiger partial charge in [-0.3, -0.25) is 0 Å². The molecule has 0 aliphatic carbocycles. The van der Waals surface area contributed by atoms with Crippen molar-refractivity contribution in [3.63, 3.8) is 0 Å². The van der Waals surface area contributed by atoms with Crippen LogP contribution in [0.25, 0.3) is 0 Å². The Morgan fingerprint density at radius 1 is 0.692 bits per heavy atom. The van der Waals surface area contributed by atoms with Gasteiger partial charge in [0.2, 0.25) is 30.1 Å². The van der Waals surface area contributed by atoms with E-state index in [1.807, 2.05) is 27.7 Å². The standard InChI is InChI=1S/2C9H19NO3S.C7H13NO2S/c2*1-4-6-8(3)9(7-13-5-2)14(10,11)12;1-4-5-6(2)7(3)11(8,9)10/h2*4,8-9H,1,5-7H2,2-3H3,(H2,10,11,12);4,6H,1,3,5H2,2H3,(H2,8,9,10)/t8-,9+;8-,9-;6-/m000/s1. The fourth-order valence-corrected chi connectivity index (χ4v) is 5.87. The molecule has 0 amide bonds. The van der Waals surface area contributed by atoms with E-state index in [1.54, 1.807) is 25.2 Å². The van der Waals surface area contributed by atoms with Crippen molar-refractivity contribution in [1.82, 2.24) is 0 Å². The molecule has 0 saturated carbocycles. The normalized spacial score (nSPS) is 15.6. The first-order valence-corrected chi connectivity index (χ1v) is 17.2. The van der Waals surface area contributed by atoms with Crippen molar-refractivity contribution < 1.29 is 34.7 Å². The van der Waals surface area contributed by atoms with Crippen LogP contribution in [0.3, 0.4) is 0 Å². The number of nitrogens with two attached hydrogens (primary N) is 3. The second-order valence-corrected chi connectivity index (χ2v) is 14.2. The minimum Gasteiger partial charge on any atom is -0.380 e. The fourth-order valence-electron chi connectivity index (χ4n) is 3.13. The van der Waals surface area contributed by atoms with Crippen molar-refractivity contribution >= 4 is 30.1 Å². The Kier molecular flexibility index (Phi) is 23.1. The molecule has 6 N–H and O–H groups in total. The van der Waals surface area contributed by atoms with Crippen LogP contribution < -0.4 is 15.4 Å². The third-order valence-electron chi connectivity index (χ3n) is 5.60. The average Bonchev–Trinajstić information content (AvgIpc) is 2.78. The molecule has 0 aromatic rings. The van der Waals surface area contributed by atoms with Crippen LogP contribution in [0.15, 0.2) is 49.4 Å². The Morgan fingerprint density at radius 3 is 1.21 bits per heavy atom. The molecule has 0 aliphatic rings. The van der Waals surface area contributed by atoms with Crippen LogP contribution >= 0.6 is 0 Å². The Bertz CT molecular complexity index is 986. The van der Waals surface area contributed by atoms with Gasteiger partial charge in [-0.15, -0.1) is 19.7 Å². The van der Waals surface area contributed by atoms with Crippen molar-refractivity contribution in [1.29, 1.82) is 0 Å². The minimum atomic E-state index is -3.57. The molecule has 0 unspecified atom stereocenters. The van der Waals surface area contributed by atoms with Gasteiger partial charge in [0, 0.05) is 13.2 Å². The molecule has 0 aromatic carbocycles. The van der Waals surface area contributed by atoms with Crippen molar-refractivity contribution in [2.45, 2.75) is 64.4 Å². The van der Waals surface area contributed by atoms with Crippen LogP contribution in [0.1, 0.15) is 53.9 Å². The Morgan fingerprint density at radius 2 is 1.00 bits per heavy atom. The summed E-state index contributed by atoms with van der Waals surface area (Å²) in [5.74, 6) is -0.273. The first kappa shape index (κ1) is 42.1. The second kappa shape index (κ2) is 21.4. The first-order valence-electron chi connectivity index (χ1n) is 12.5. The van der Waals surface area contributed by atoms with Crippen LogP contribution in [-0.4, -0.2) is 62.2 Å². The quantitative estimate of drug-likeness (QED) is 0.195. The van der Waals surface area contributed by atoms with E-state index in [1.165, 1.54) is 0 Å². The SMILES string of the molecule is C=CC[C@H](C)C(=C)S(N)(=O)=O.C=CC[C@H](C)[C@@H](COCC)S(N)(=O)=O.C=CC[C@H](C)[C@H](COCC)S(N)(=O)=O. The van der Waals surface area contributed by atoms with Gasteiger partial charge >= 0.3 is 0 Å². The van der Waals surface area contributed by atoms with E-state index >= 15 is 0 Å². The molecule has 0 rings (SSSR count). The minimum absolute atomic E-state index is 0.0611. The molecular formula is C25H51N3O8S3. The monoisotopic (exact) mass is 617 g/mol. The van der Waals surface area contributed by atoms with Gasteiger partial charge in [0.15, 0.2) is 0 Å². The molecule has 0 radical (unpaired) electrons. The lowest BCUT2D eigenvalue weighted by Crippen LogP contribution is -2.37. The van der Waals surface area contributed by atoms with Crippen molar-refractivity contribution in [3.05, 3.63) is 49.4 Å². The van der Waals surface area contributed by atoms with E-state index in [0.717, 1.165) is 0 Å². The molecule has 39 heavy (non-hydrogen) atoms. The summed E-state index contributed by atoms with van der Waals surface area (Å²) in [5, 5.41) is 13.8. The van der Waals surface area contributed by atoms with E-state index < -0.39 is 40.6 Å². The predicted octanol–water partition coefficient (Wildman–Crippen LogP) is 2.79. The molecular weight excluding hydrogens is 566 g/mol. The van der Waals surface area contributed by atoms with E-state index in [0.29, 0.717) is 32.5 Å². The number of hydrogen-bond acceptors (Lipinski definition) is 8. The Balaban J connectivity index is -0.000000503. The summed E-state index contributed by atoms with van der Waals surface area (Å²) < 4.78 is 76.4. The highest BCUT2D eigenvalue weighted by molar-refractivity contribution is 7.93.